The fourth-order valence-corrected chi connectivity index (χ4v) is 3.89. The van der Waals surface area contributed by atoms with Crippen LogP contribution in [0.25, 0.3) is 0 Å². The lowest BCUT2D eigenvalue weighted by Crippen LogP contribution is -2.37. The molecule has 2 rings (SSSR count). The molecule has 5 nitrogen and oxygen atoms in total. The van der Waals surface area contributed by atoms with E-state index < -0.39 is 18.9 Å². The van der Waals surface area contributed by atoms with Gasteiger partial charge in [-0.2, -0.15) is 0 Å². The zero-order valence-corrected chi connectivity index (χ0v) is 16.1. The molecule has 1 fully saturated rings. The highest BCUT2D eigenvalue weighted by Crippen LogP contribution is 2.32. The number of rotatable bonds is 8. The Morgan fingerprint density at radius 2 is 1.85 bits per heavy atom. The molecular formula is C18H27ClF2N4O. The molecular weight excluding hydrogens is 362 g/mol. The summed E-state index contributed by atoms with van der Waals surface area (Å²) in [5.41, 5.74) is 5.85. The van der Waals surface area contributed by atoms with Gasteiger partial charge in [0.2, 0.25) is 0 Å². The summed E-state index contributed by atoms with van der Waals surface area (Å²) < 4.78 is 26.3. The van der Waals surface area contributed by atoms with E-state index in [0.29, 0.717) is 24.1 Å². The first kappa shape index (κ1) is 20.8. The van der Waals surface area contributed by atoms with Crippen molar-refractivity contribution < 1.29 is 13.6 Å². The molecule has 0 unspecified atom stereocenters. The van der Waals surface area contributed by atoms with Crippen molar-refractivity contribution in [2.75, 3.05) is 38.6 Å². The molecule has 0 aromatic carbocycles. The van der Waals surface area contributed by atoms with Crippen molar-refractivity contribution in [3.05, 3.63) is 23.0 Å². The monoisotopic (exact) mass is 388 g/mol. The minimum atomic E-state index is -2.52. The fourth-order valence-electron chi connectivity index (χ4n) is 3.73. The van der Waals surface area contributed by atoms with E-state index in [1.54, 1.807) is 0 Å². The van der Waals surface area contributed by atoms with Crippen LogP contribution in [0.15, 0.2) is 12.3 Å². The number of carbonyl (C=O) groups is 1. The molecule has 2 N–H and O–H groups in total. The predicted octanol–water partition coefficient (Wildman–Crippen LogP) is 3.27. The maximum absolute atomic E-state index is 13.2. The number of hydrogen-bond donors (Lipinski definition) is 1. The Balaban J connectivity index is 2.12. The Morgan fingerprint density at radius 1 is 1.27 bits per heavy atom. The molecule has 0 aliphatic heterocycles. The molecule has 146 valence electrons. The van der Waals surface area contributed by atoms with Crippen molar-refractivity contribution in [3.63, 3.8) is 0 Å². The minimum Gasteiger partial charge on any atom is -0.365 e. The Bertz CT molecular complexity index is 607. The molecule has 0 atom stereocenters. The molecule has 0 saturated heterocycles. The van der Waals surface area contributed by atoms with Crippen molar-refractivity contribution in [1.29, 1.82) is 0 Å². The number of aromatic nitrogens is 1. The molecule has 1 aromatic rings. The lowest BCUT2D eigenvalue weighted by molar-refractivity contribution is 0.0999. The maximum Gasteiger partial charge on any atom is 0.255 e. The van der Waals surface area contributed by atoms with Gasteiger partial charge in [-0.15, -0.1) is 0 Å². The molecule has 1 aliphatic rings. The normalized spacial score (nSPS) is 20.6. The first-order valence-electron chi connectivity index (χ1n) is 8.89. The van der Waals surface area contributed by atoms with Crippen molar-refractivity contribution in [2.45, 2.75) is 32.1 Å². The zero-order valence-electron chi connectivity index (χ0n) is 15.3. The van der Waals surface area contributed by atoms with Crippen LogP contribution in [0.5, 0.6) is 0 Å². The molecule has 1 aromatic heterocycles. The van der Waals surface area contributed by atoms with Crippen LogP contribution in [0, 0.1) is 11.8 Å². The predicted molar refractivity (Wildman–Crippen MR) is 100.0 cm³/mol. The van der Waals surface area contributed by atoms with E-state index in [0.717, 1.165) is 32.2 Å². The Kier molecular flexibility index (Phi) is 7.58. The van der Waals surface area contributed by atoms with E-state index >= 15 is 0 Å². The average molecular weight is 389 g/mol. The van der Waals surface area contributed by atoms with Crippen LogP contribution in [0.2, 0.25) is 5.15 Å². The lowest BCUT2D eigenvalue weighted by Gasteiger charge is -2.35. The SMILES string of the molecule is CN(C)CC1CCC(CN(CC(F)F)c2cc(Cl)ncc2C(N)=O)CC1. The summed E-state index contributed by atoms with van der Waals surface area (Å²) in [4.78, 5) is 19.3. The average Bonchev–Trinajstić information content (AvgIpc) is 2.54. The molecule has 8 heteroatoms. The van der Waals surface area contributed by atoms with Crippen LogP contribution < -0.4 is 10.6 Å². The van der Waals surface area contributed by atoms with E-state index in [9.17, 15) is 13.6 Å². The summed E-state index contributed by atoms with van der Waals surface area (Å²) >= 11 is 5.93. The molecule has 0 bridgehead atoms. The van der Waals surface area contributed by atoms with Crippen molar-refractivity contribution in [1.82, 2.24) is 9.88 Å². The number of nitrogens with two attached hydrogens (primary N) is 1. The second-order valence-electron chi connectivity index (χ2n) is 7.33. The second-order valence-corrected chi connectivity index (χ2v) is 7.72. The third-order valence-electron chi connectivity index (χ3n) is 4.88. The molecule has 1 heterocycles. The summed E-state index contributed by atoms with van der Waals surface area (Å²) in [6.45, 7) is 1.05. The first-order valence-corrected chi connectivity index (χ1v) is 9.27. The third kappa shape index (κ3) is 6.06. The van der Waals surface area contributed by atoms with Gasteiger partial charge in [0.25, 0.3) is 12.3 Å². The largest absolute Gasteiger partial charge is 0.365 e. The van der Waals surface area contributed by atoms with Gasteiger partial charge in [0.05, 0.1) is 17.8 Å². The Morgan fingerprint density at radius 3 is 2.35 bits per heavy atom. The van der Waals surface area contributed by atoms with Crippen molar-refractivity contribution >= 4 is 23.2 Å². The summed E-state index contributed by atoms with van der Waals surface area (Å²) in [7, 11) is 4.13. The first-order chi connectivity index (χ1) is 12.3. The van der Waals surface area contributed by atoms with Crippen molar-refractivity contribution in [2.24, 2.45) is 17.6 Å². The standard InChI is InChI=1S/C18H27ClF2N4O/c1-24(2)9-12-3-5-13(6-4-12)10-25(11-17(20)21)15-7-16(19)23-8-14(15)18(22)26/h7-8,12-13,17H,3-6,9-11H2,1-2H3,(H2,22,26). The third-order valence-corrected chi connectivity index (χ3v) is 5.09. The maximum atomic E-state index is 13.2. The summed E-state index contributed by atoms with van der Waals surface area (Å²) in [5, 5.41) is 0.152. The van der Waals surface area contributed by atoms with Crippen molar-refractivity contribution in [3.8, 4) is 0 Å². The number of primary amides is 1. The number of hydrogen-bond acceptors (Lipinski definition) is 4. The summed E-state index contributed by atoms with van der Waals surface area (Å²) in [6, 6.07) is 1.45. The van der Waals surface area contributed by atoms with Gasteiger partial charge in [-0.1, -0.05) is 11.6 Å². The van der Waals surface area contributed by atoms with E-state index in [1.165, 1.54) is 17.2 Å². The van der Waals surface area contributed by atoms with Gasteiger partial charge in [-0.05, 0) is 57.7 Å². The zero-order chi connectivity index (χ0) is 19.3. The molecule has 1 amide bonds. The van der Waals surface area contributed by atoms with Gasteiger partial charge >= 0.3 is 0 Å². The Labute approximate surface area is 158 Å². The number of amides is 1. The number of nitrogens with zero attached hydrogens (tertiary/aromatic N) is 3. The summed E-state index contributed by atoms with van der Waals surface area (Å²) in [5.74, 6) is 0.263. The molecule has 1 aliphatic carbocycles. The number of anilines is 1. The van der Waals surface area contributed by atoms with Gasteiger partial charge in [0, 0.05) is 19.3 Å². The van der Waals surface area contributed by atoms with Gasteiger partial charge in [0.1, 0.15) is 5.15 Å². The fraction of sp³-hybridized carbons (Fsp3) is 0.667. The van der Waals surface area contributed by atoms with Crippen LogP contribution in [0.4, 0.5) is 14.5 Å². The lowest BCUT2D eigenvalue weighted by atomic mass is 9.81. The smallest absolute Gasteiger partial charge is 0.255 e. The highest BCUT2D eigenvalue weighted by atomic mass is 35.5. The van der Waals surface area contributed by atoms with Crippen LogP contribution in [0.1, 0.15) is 36.0 Å². The Hall–Kier alpha value is -1.47. The van der Waals surface area contributed by atoms with Crippen LogP contribution in [-0.4, -0.2) is 55.9 Å². The molecule has 1 saturated carbocycles. The van der Waals surface area contributed by atoms with Crippen LogP contribution in [0.3, 0.4) is 0 Å². The molecule has 0 spiro atoms. The van der Waals surface area contributed by atoms with Crippen LogP contribution >= 0.6 is 11.6 Å². The van der Waals surface area contributed by atoms with Gasteiger partial charge in [0.15, 0.2) is 0 Å². The van der Waals surface area contributed by atoms with Crippen LogP contribution in [-0.2, 0) is 0 Å². The second kappa shape index (κ2) is 9.46. The summed E-state index contributed by atoms with van der Waals surface area (Å²) in [6.07, 6.45) is 2.89. The number of halogens is 3. The van der Waals surface area contributed by atoms with E-state index in [2.05, 4.69) is 24.0 Å². The number of carbonyl (C=O) groups excluding carboxylic acids is 1. The topological polar surface area (TPSA) is 62.5 Å². The van der Waals surface area contributed by atoms with Gasteiger partial charge in [-0.25, -0.2) is 13.8 Å². The van der Waals surface area contributed by atoms with E-state index in [1.807, 2.05) is 0 Å². The highest BCUT2D eigenvalue weighted by molar-refractivity contribution is 6.29. The quantitative estimate of drug-likeness (QED) is 0.694. The van der Waals surface area contributed by atoms with Gasteiger partial charge < -0.3 is 15.5 Å². The number of pyridine rings is 1. The van der Waals surface area contributed by atoms with E-state index in [-0.39, 0.29) is 10.7 Å². The minimum absolute atomic E-state index is 0.122. The highest BCUT2D eigenvalue weighted by Gasteiger charge is 2.26. The number of alkyl halides is 2. The van der Waals surface area contributed by atoms with E-state index in [4.69, 9.17) is 17.3 Å². The molecule has 26 heavy (non-hydrogen) atoms. The van der Waals surface area contributed by atoms with Gasteiger partial charge in [-0.3, -0.25) is 4.79 Å². The molecule has 0 radical (unpaired) electrons.